The molecule has 20 heavy (non-hydrogen) atoms. The molecule has 7 heteroatoms. The lowest BCUT2D eigenvalue weighted by Gasteiger charge is -2.19. The van der Waals surface area contributed by atoms with Crippen LogP contribution in [0.1, 0.15) is 18.9 Å². The fourth-order valence-electron chi connectivity index (χ4n) is 1.76. The summed E-state index contributed by atoms with van der Waals surface area (Å²) < 4.78 is 38.1. The van der Waals surface area contributed by atoms with Crippen LogP contribution in [0.2, 0.25) is 0 Å². The first kappa shape index (κ1) is 16.1. The van der Waals surface area contributed by atoms with Crippen molar-refractivity contribution in [2.24, 2.45) is 16.8 Å². The topological polar surface area (TPSA) is 70.6 Å². The smallest absolute Gasteiger partial charge is 0.400 e. The van der Waals surface area contributed by atoms with Crippen LogP contribution in [-0.4, -0.2) is 23.8 Å². The Kier molecular flexibility index (Phi) is 5.66. The number of benzene rings is 1. The highest BCUT2D eigenvalue weighted by Crippen LogP contribution is 2.27. The standard InChI is InChI=1S/C13H18F3N3O/c1-2-3-9-4-6-10(7-5-9)18-8-11(12(17)19-20)13(14,15)16/h4-7,11,18,20H,2-3,8H2,1H3,(H2,17,19). The summed E-state index contributed by atoms with van der Waals surface area (Å²) in [5, 5.41) is 13.5. The number of halogens is 3. The number of nitrogens with two attached hydrogens (primary N) is 1. The Morgan fingerprint density at radius 1 is 1.35 bits per heavy atom. The van der Waals surface area contributed by atoms with E-state index in [0.29, 0.717) is 5.69 Å². The van der Waals surface area contributed by atoms with Crippen LogP contribution in [0.5, 0.6) is 0 Å². The molecule has 0 spiro atoms. The maximum Gasteiger partial charge on any atom is 0.400 e. The number of alkyl halides is 3. The van der Waals surface area contributed by atoms with Gasteiger partial charge in [-0.25, -0.2) is 0 Å². The zero-order chi connectivity index (χ0) is 15.2. The molecule has 0 saturated heterocycles. The molecule has 0 heterocycles. The number of aryl methyl sites for hydroxylation is 1. The molecule has 0 aliphatic carbocycles. The van der Waals surface area contributed by atoms with Gasteiger partial charge in [0, 0.05) is 12.2 Å². The van der Waals surface area contributed by atoms with Gasteiger partial charge in [-0.1, -0.05) is 30.6 Å². The molecule has 1 aromatic carbocycles. The first-order valence-electron chi connectivity index (χ1n) is 6.25. The van der Waals surface area contributed by atoms with E-state index in [9.17, 15) is 13.2 Å². The average Bonchev–Trinajstić information content (AvgIpc) is 2.39. The van der Waals surface area contributed by atoms with E-state index in [4.69, 9.17) is 10.9 Å². The Morgan fingerprint density at radius 2 is 1.95 bits per heavy atom. The highest BCUT2D eigenvalue weighted by molar-refractivity contribution is 5.83. The number of anilines is 1. The lowest BCUT2D eigenvalue weighted by atomic mass is 10.1. The molecule has 0 aromatic heterocycles. The number of hydrogen-bond donors (Lipinski definition) is 3. The number of nitrogens with zero attached hydrogens (tertiary/aromatic N) is 1. The van der Waals surface area contributed by atoms with Crippen molar-refractivity contribution in [1.82, 2.24) is 0 Å². The normalized spacial score (nSPS) is 14.1. The minimum absolute atomic E-state index is 0.480. The third-order valence-corrected chi connectivity index (χ3v) is 2.87. The molecule has 1 unspecified atom stereocenters. The summed E-state index contributed by atoms with van der Waals surface area (Å²) in [4.78, 5) is 0. The zero-order valence-corrected chi connectivity index (χ0v) is 11.1. The lowest BCUT2D eigenvalue weighted by molar-refractivity contribution is -0.152. The van der Waals surface area contributed by atoms with Crippen LogP contribution in [0, 0.1) is 5.92 Å². The van der Waals surface area contributed by atoms with Crippen molar-refractivity contribution in [3.8, 4) is 0 Å². The third kappa shape index (κ3) is 4.64. The van der Waals surface area contributed by atoms with E-state index < -0.39 is 24.5 Å². The van der Waals surface area contributed by atoms with Gasteiger partial charge in [-0.15, -0.1) is 0 Å². The number of hydrogen-bond acceptors (Lipinski definition) is 3. The second kappa shape index (κ2) is 7.02. The van der Waals surface area contributed by atoms with Crippen molar-refractivity contribution in [2.75, 3.05) is 11.9 Å². The first-order chi connectivity index (χ1) is 9.38. The number of nitrogens with one attached hydrogen (secondary N) is 1. The van der Waals surface area contributed by atoms with Crippen LogP contribution in [0.25, 0.3) is 0 Å². The van der Waals surface area contributed by atoms with Crippen molar-refractivity contribution in [2.45, 2.75) is 25.9 Å². The van der Waals surface area contributed by atoms with Gasteiger partial charge in [-0.2, -0.15) is 13.2 Å². The molecule has 0 aliphatic rings. The number of amidine groups is 1. The van der Waals surface area contributed by atoms with Gasteiger partial charge >= 0.3 is 6.18 Å². The summed E-state index contributed by atoms with van der Waals surface area (Å²) in [5.41, 5.74) is 6.76. The van der Waals surface area contributed by atoms with Gasteiger partial charge in [0.1, 0.15) is 5.92 Å². The van der Waals surface area contributed by atoms with E-state index in [1.807, 2.05) is 12.1 Å². The molecule has 1 atom stereocenters. The van der Waals surface area contributed by atoms with E-state index >= 15 is 0 Å². The van der Waals surface area contributed by atoms with Crippen molar-refractivity contribution < 1.29 is 18.4 Å². The highest BCUT2D eigenvalue weighted by Gasteiger charge is 2.42. The zero-order valence-electron chi connectivity index (χ0n) is 11.1. The SMILES string of the molecule is CCCc1ccc(NCC(/C(N)=N/O)C(F)(F)F)cc1. The minimum atomic E-state index is -4.56. The summed E-state index contributed by atoms with van der Waals surface area (Å²) >= 11 is 0. The van der Waals surface area contributed by atoms with Gasteiger partial charge in [0.2, 0.25) is 0 Å². The largest absolute Gasteiger partial charge is 0.409 e. The van der Waals surface area contributed by atoms with E-state index in [1.54, 1.807) is 12.1 Å². The van der Waals surface area contributed by atoms with E-state index in [-0.39, 0.29) is 0 Å². The highest BCUT2D eigenvalue weighted by atomic mass is 19.4. The molecular weight excluding hydrogens is 271 g/mol. The van der Waals surface area contributed by atoms with Gasteiger partial charge in [0.05, 0.1) is 0 Å². The Bertz CT molecular complexity index is 443. The molecule has 0 amide bonds. The first-order valence-corrected chi connectivity index (χ1v) is 6.25. The predicted octanol–water partition coefficient (Wildman–Crippen LogP) is 2.98. The molecule has 0 radical (unpaired) electrons. The monoisotopic (exact) mass is 289 g/mol. The van der Waals surface area contributed by atoms with Gasteiger partial charge in [0.15, 0.2) is 5.84 Å². The molecule has 1 rings (SSSR count). The van der Waals surface area contributed by atoms with E-state index in [2.05, 4.69) is 17.4 Å². The van der Waals surface area contributed by atoms with Crippen molar-refractivity contribution >= 4 is 11.5 Å². The van der Waals surface area contributed by atoms with Gasteiger partial charge < -0.3 is 16.3 Å². The molecule has 0 saturated carbocycles. The Labute approximate surface area is 115 Å². The summed E-state index contributed by atoms with van der Waals surface area (Å²) in [6.45, 7) is 1.57. The maximum absolute atomic E-state index is 12.7. The fraction of sp³-hybridized carbons (Fsp3) is 0.462. The number of rotatable bonds is 6. The quantitative estimate of drug-likeness (QED) is 0.326. The molecule has 0 bridgehead atoms. The summed E-state index contributed by atoms with van der Waals surface area (Å²) in [6.07, 6.45) is -2.63. The Balaban J connectivity index is 2.68. The molecule has 1 aromatic rings. The van der Waals surface area contributed by atoms with E-state index in [1.165, 1.54) is 0 Å². The van der Waals surface area contributed by atoms with Crippen LogP contribution >= 0.6 is 0 Å². The summed E-state index contributed by atoms with van der Waals surface area (Å²) in [7, 11) is 0. The van der Waals surface area contributed by atoms with Crippen molar-refractivity contribution in [3.63, 3.8) is 0 Å². The number of oxime groups is 1. The molecule has 4 N–H and O–H groups in total. The van der Waals surface area contributed by atoms with Crippen molar-refractivity contribution in [1.29, 1.82) is 0 Å². The second-order valence-corrected chi connectivity index (χ2v) is 4.45. The predicted molar refractivity (Wildman–Crippen MR) is 71.9 cm³/mol. The second-order valence-electron chi connectivity index (χ2n) is 4.45. The maximum atomic E-state index is 12.7. The third-order valence-electron chi connectivity index (χ3n) is 2.87. The average molecular weight is 289 g/mol. The van der Waals surface area contributed by atoms with Gasteiger partial charge in [-0.3, -0.25) is 0 Å². The van der Waals surface area contributed by atoms with Crippen LogP contribution in [-0.2, 0) is 6.42 Å². The van der Waals surface area contributed by atoms with Crippen LogP contribution < -0.4 is 11.1 Å². The molecule has 0 fully saturated rings. The Morgan fingerprint density at radius 3 is 2.40 bits per heavy atom. The van der Waals surface area contributed by atoms with Gasteiger partial charge in [0.25, 0.3) is 0 Å². The summed E-state index contributed by atoms with van der Waals surface area (Å²) in [6, 6.07) is 7.14. The van der Waals surface area contributed by atoms with Crippen LogP contribution in [0.4, 0.5) is 18.9 Å². The molecule has 0 aliphatic heterocycles. The van der Waals surface area contributed by atoms with Crippen molar-refractivity contribution in [3.05, 3.63) is 29.8 Å². The fourth-order valence-corrected chi connectivity index (χ4v) is 1.76. The minimum Gasteiger partial charge on any atom is -0.409 e. The summed E-state index contributed by atoms with van der Waals surface area (Å²) in [5.74, 6) is -2.88. The Hall–Kier alpha value is -1.92. The van der Waals surface area contributed by atoms with Gasteiger partial charge in [-0.05, 0) is 24.1 Å². The van der Waals surface area contributed by atoms with Crippen LogP contribution in [0.15, 0.2) is 29.4 Å². The van der Waals surface area contributed by atoms with Crippen LogP contribution in [0.3, 0.4) is 0 Å². The molecule has 112 valence electrons. The molecule has 4 nitrogen and oxygen atoms in total. The lowest BCUT2D eigenvalue weighted by Crippen LogP contribution is -2.40. The van der Waals surface area contributed by atoms with E-state index in [0.717, 1.165) is 18.4 Å². The molecular formula is C13H18F3N3O.